The second-order valence-electron chi connectivity index (χ2n) is 4.07. The van der Waals surface area contributed by atoms with Crippen LogP contribution in [-0.2, 0) is 11.3 Å². The number of hydrogen-bond acceptors (Lipinski definition) is 5. The van der Waals surface area contributed by atoms with Crippen LogP contribution < -0.4 is 17.2 Å². The Bertz CT molecular complexity index is 402. The van der Waals surface area contributed by atoms with E-state index in [1.807, 2.05) is 19.1 Å². The molecule has 0 bridgehead atoms. The molecule has 0 saturated heterocycles. The smallest absolute Gasteiger partial charge is 0.0718 e. The largest absolute Gasteiger partial charge is 0.397 e. The van der Waals surface area contributed by atoms with Gasteiger partial charge in [0.15, 0.2) is 0 Å². The van der Waals surface area contributed by atoms with Crippen molar-refractivity contribution < 1.29 is 4.74 Å². The Kier molecular flexibility index (Phi) is 4.93. The van der Waals surface area contributed by atoms with Gasteiger partial charge in [-0.15, -0.1) is 0 Å². The van der Waals surface area contributed by atoms with Crippen LogP contribution in [0, 0.1) is 0 Å². The van der Waals surface area contributed by atoms with Crippen LogP contribution in [0.3, 0.4) is 0 Å². The fourth-order valence-corrected chi connectivity index (χ4v) is 1.46. The minimum Gasteiger partial charge on any atom is -0.397 e. The van der Waals surface area contributed by atoms with Crippen molar-refractivity contribution in [3.8, 4) is 0 Å². The number of rotatable bonds is 5. The standard InChI is InChI=1S/C12H20N4O/c1-8(13)6-17-7-9-3-10(5-16-2)12(15)11(14)4-9/h3-5,8H,6-7,13-15H2,1-2H3/t8-/m1/s1. The lowest BCUT2D eigenvalue weighted by Gasteiger charge is -2.10. The van der Waals surface area contributed by atoms with Crippen molar-refractivity contribution in [2.45, 2.75) is 19.6 Å². The molecule has 1 rings (SSSR count). The average Bonchev–Trinajstić information content (AvgIpc) is 2.25. The molecule has 94 valence electrons. The van der Waals surface area contributed by atoms with Crippen LogP contribution in [0.15, 0.2) is 17.1 Å². The highest BCUT2D eigenvalue weighted by Gasteiger charge is 2.05. The molecule has 0 aromatic heterocycles. The predicted octanol–water partition coefficient (Wildman–Crippen LogP) is 0.764. The number of anilines is 2. The van der Waals surface area contributed by atoms with E-state index < -0.39 is 0 Å². The summed E-state index contributed by atoms with van der Waals surface area (Å²) in [5.74, 6) is 0. The molecule has 0 unspecified atom stereocenters. The van der Waals surface area contributed by atoms with Crippen molar-refractivity contribution in [3.05, 3.63) is 23.3 Å². The highest BCUT2D eigenvalue weighted by atomic mass is 16.5. The van der Waals surface area contributed by atoms with Gasteiger partial charge in [0.05, 0.1) is 24.6 Å². The first-order chi connectivity index (χ1) is 8.04. The van der Waals surface area contributed by atoms with Crippen molar-refractivity contribution >= 4 is 17.6 Å². The summed E-state index contributed by atoms with van der Waals surface area (Å²) in [6.45, 7) is 2.88. The lowest BCUT2D eigenvalue weighted by Crippen LogP contribution is -2.21. The van der Waals surface area contributed by atoms with E-state index in [2.05, 4.69) is 4.99 Å². The second-order valence-corrected chi connectivity index (χ2v) is 4.07. The van der Waals surface area contributed by atoms with E-state index in [-0.39, 0.29) is 6.04 Å². The number of benzene rings is 1. The first-order valence-electron chi connectivity index (χ1n) is 5.48. The van der Waals surface area contributed by atoms with E-state index in [0.717, 1.165) is 11.1 Å². The minimum absolute atomic E-state index is 0.0257. The molecular formula is C12H20N4O. The lowest BCUT2D eigenvalue weighted by molar-refractivity contribution is 0.111. The van der Waals surface area contributed by atoms with Gasteiger partial charge in [0.2, 0.25) is 0 Å². The number of nitrogens with two attached hydrogens (primary N) is 3. The summed E-state index contributed by atoms with van der Waals surface area (Å²) in [4.78, 5) is 3.94. The average molecular weight is 236 g/mol. The summed E-state index contributed by atoms with van der Waals surface area (Å²) in [5.41, 5.74) is 20.1. The first kappa shape index (κ1) is 13.5. The molecule has 17 heavy (non-hydrogen) atoms. The van der Waals surface area contributed by atoms with Crippen LogP contribution in [0.4, 0.5) is 11.4 Å². The van der Waals surface area contributed by atoms with Crippen molar-refractivity contribution in [3.63, 3.8) is 0 Å². The van der Waals surface area contributed by atoms with E-state index in [1.54, 1.807) is 13.3 Å². The zero-order valence-electron chi connectivity index (χ0n) is 10.3. The number of nitrogens with zero attached hydrogens (tertiary/aromatic N) is 1. The third kappa shape index (κ3) is 4.05. The molecule has 0 spiro atoms. The normalized spacial score (nSPS) is 13.1. The number of aliphatic imine (C=N–C) groups is 1. The maximum atomic E-state index is 5.84. The Balaban J connectivity index is 2.79. The van der Waals surface area contributed by atoms with Crippen LogP contribution in [0.25, 0.3) is 0 Å². The fraction of sp³-hybridized carbons (Fsp3) is 0.417. The van der Waals surface area contributed by atoms with Gasteiger partial charge in [0.25, 0.3) is 0 Å². The molecule has 6 N–H and O–H groups in total. The molecule has 5 nitrogen and oxygen atoms in total. The Hall–Kier alpha value is -1.59. The van der Waals surface area contributed by atoms with E-state index in [4.69, 9.17) is 21.9 Å². The summed E-state index contributed by atoms with van der Waals surface area (Å²) in [5, 5.41) is 0. The molecule has 1 aromatic carbocycles. The molecule has 0 amide bonds. The maximum absolute atomic E-state index is 5.84. The minimum atomic E-state index is 0.0257. The molecular weight excluding hydrogens is 216 g/mol. The van der Waals surface area contributed by atoms with Gasteiger partial charge in [-0.05, 0) is 24.6 Å². The maximum Gasteiger partial charge on any atom is 0.0718 e. The molecule has 0 aliphatic carbocycles. The zero-order valence-corrected chi connectivity index (χ0v) is 10.3. The van der Waals surface area contributed by atoms with Crippen molar-refractivity contribution in [2.24, 2.45) is 10.7 Å². The molecule has 0 fully saturated rings. The molecule has 0 saturated carbocycles. The van der Waals surface area contributed by atoms with Gasteiger partial charge in [-0.3, -0.25) is 4.99 Å². The van der Waals surface area contributed by atoms with Crippen LogP contribution >= 0.6 is 0 Å². The molecule has 1 aromatic rings. The van der Waals surface area contributed by atoms with E-state index in [0.29, 0.717) is 24.6 Å². The fourth-order valence-electron chi connectivity index (χ4n) is 1.46. The monoisotopic (exact) mass is 236 g/mol. The summed E-state index contributed by atoms with van der Waals surface area (Å²) in [7, 11) is 1.69. The van der Waals surface area contributed by atoms with E-state index >= 15 is 0 Å². The molecule has 1 atom stereocenters. The van der Waals surface area contributed by atoms with E-state index in [1.165, 1.54) is 0 Å². The Morgan fingerprint density at radius 3 is 2.71 bits per heavy atom. The quantitative estimate of drug-likeness (QED) is 0.519. The molecule has 0 heterocycles. The summed E-state index contributed by atoms with van der Waals surface area (Å²) in [6, 6.07) is 3.75. The van der Waals surface area contributed by atoms with Crippen LogP contribution in [0.2, 0.25) is 0 Å². The summed E-state index contributed by atoms with van der Waals surface area (Å²) < 4.78 is 5.44. The second kappa shape index (κ2) is 6.22. The van der Waals surface area contributed by atoms with Gasteiger partial charge in [-0.1, -0.05) is 0 Å². The van der Waals surface area contributed by atoms with E-state index in [9.17, 15) is 0 Å². The Morgan fingerprint density at radius 1 is 1.41 bits per heavy atom. The van der Waals surface area contributed by atoms with Crippen LogP contribution in [-0.4, -0.2) is 25.9 Å². The third-order valence-electron chi connectivity index (χ3n) is 2.22. The summed E-state index contributed by atoms with van der Waals surface area (Å²) in [6.07, 6.45) is 1.68. The molecule has 5 heteroatoms. The SMILES string of the molecule is CN=Cc1cc(COC[C@@H](C)N)cc(N)c1N. The van der Waals surface area contributed by atoms with Gasteiger partial charge in [0, 0.05) is 24.9 Å². The Labute approximate surface area is 102 Å². The van der Waals surface area contributed by atoms with Gasteiger partial charge in [-0.2, -0.15) is 0 Å². The zero-order chi connectivity index (χ0) is 12.8. The third-order valence-corrected chi connectivity index (χ3v) is 2.22. The number of nitrogen functional groups attached to an aromatic ring is 2. The highest BCUT2D eigenvalue weighted by Crippen LogP contribution is 2.21. The topological polar surface area (TPSA) is 99.6 Å². The molecule has 0 aliphatic heterocycles. The van der Waals surface area contributed by atoms with Gasteiger partial charge in [-0.25, -0.2) is 0 Å². The highest BCUT2D eigenvalue weighted by molar-refractivity contribution is 5.91. The van der Waals surface area contributed by atoms with Crippen molar-refractivity contribution in [1.29, 1.82) is 0 Å². The Morgan fingerprint density at radius 2 is 2.12 bits per heavy atom. The number of hydrogen-bond donors (Lipinski definition) is 3. The van der Waals surface area contributed by atoms with Crippen molar-refractivity contribution in [2.75, 3.05) is 25.1 Å². The van der Waals surface area contributed by atoms with Crippen LogP contribution in [0.5, 0.6) is 0 Å². The van der Waals surface area contributed by atoms with Gasteiger partial charge < -0.3 is 21.9 Å². The van der Waals surface area contributed by atoms with Gasteiger partial charge in [0.1, 0.15) is 0 Å². The first-order valence-corrected chi connectivity index (χ1v) is 5.48. The molecule has 0 aliphatic rings. The van der Waals surface area contributed by atoms with Gasteiger partial charge >= 0.3 is 0 Å². The van der Waals surface area contributed by atoms with Crippen LogP contribution in [0.1, 0.15) is 18.1 Å². The lowest BCUT2D eigenvalue weighted by atomic mass is 10.1. The predicted molar refractivity (Wildman–Crippen MR) is 72.1 cm³/mol. The van der Waals surface area contributed by atoms with Crippen molar-refractivity contribution in [1.82, 2.24) is 0 Å². The molecule has 0 radical (unpaired) electrons. The number of ether oxygens (including phenoxy) is 1. The summed E-state index contributed by atoms with van der Waals surface area (Å²) >= 11 is 0.